The second kappa shape index (κ2) is 11.5. The van der Waals surface area contributed by atoms with Gasteiger partial charge >= 0.3 is 0 Å². The largest absolute Gasteiger partial charge is 0.494 e. The smallest absolute Gasteiger partial charge is 0.257 e. The highest BCUT2D eigenvalue weighted by Gasteiger charge is 2.23. The monoisotopic (exact) mass is 558 g/mol. The summed E-state index contributed by atoms with van der Waals surface area (Å²) in [5.74, 6) is -0.415. The summed E-state index contributed by atoms with van der Waals surface area (Å²) in [6.07, 6.45) is 1.37. The third-order valence-electron chi connectivity index (χ3n) is 6.31. The lowest BCUT2D eigenvalue weighted by Gasteiger charge is -2.14. The zero-order chi connectivity index (χ0) is 29.1. The molecular formula is C30H24F2N4O5. The van der Waals surface area contributed by atoms with Gasteiger partial charge in [-0.05, 0) is 48.9 Å². The topological polar surface area (TPSA) is 106 Å². The van der Waals surface area contributed by atoms with E-state index in [0.29, 0.717) is 39.3 Å². The maximum Gasteiger partial charge on any atom is 0.257 e. The molecule has 0 saturated heterocycles. The van der Waals surface area contributed by atoms with E-state index in [1.54, 1.807) is 25.1 Å². The van der Waals surface area contributed by atoms with Crippen molar-refractivity contribution >= 4 is 16.8 Å². The third kappa shape index (κ3) is 5.46. The zero-order valence-electron chi connectivity index (χ0n) is 22.6. The van der Waals surface area contributed by atoms with Crippen LogP contribution >= 0.6 is 0 Å². The first kappa shape index (κ1) is 27.4. The number of hydrogen-bond donors (Lipinski definition) is 0. The number of aryl methyl sites for hydroxylation is 1. The van der Waals surface area contributed by atoms with E-state index in [-0.39, 0.29) is 40.9 Å². The van der Waals surface area contributed by atoms with Gasteiger partial charge in [0.15, 0.2) is 34.6 Å². The molecule has 0 unspecified atom stereocenters. The molecule has 2 aromatic carbocycles. The van der Waals surface area contributed by atoms with Gasteiger partial charge in [0.2, 0.25) is 0 Å². The van der Waals surface area contributed by atoms with Crippen LogP contribution in [0.2, 0.25) is 0 Å². The minimum absolute atomic E-state index is 0.0665. The molecule has 3 heterocycles. The van der Waals surface area contributed by atoms with Crippen molar-refractivity contribution in [1.29, 1.82) is 0 Å². The van der Waals surface area contributed by atoms with Gasteiger partial charge in [0.25, 0.3) is 5.88 Å². The van der Waals surface area contributed by atoms with Gasteiger partial charge in [-0.2, -0.15) is 5.10 Å². The molecule has 3 aromatic heterocycles. The van der Waals surface area contributed by atoms with Crippen molar-refractivity contribution in [2.24, 2.45) is 0 Å². The highest BCUT2D eigenvalue weighted by Crippen LogP contribution is 2.36. The van der Waals surface area contributed by atoms with Gasteiger partial charge in [-0.3, -0.25) is 9.78 Å². The predicted molar refractivity (Wildman–Crippen MR) is 146 cm³/mol. The van der Waals surface area contributed by atoms with Gasteiger partial charge in [-0.15, -0.1) is 5.10 Å². The summed E-state index contributed by atoms with van der Waals surface area (Å²) in [7, 11) is 4.35. The van der Waals surface area contributed by atoms with Crippen molar-refractivity contribution in [3.05, 3.63) is 89.2 Å². The molecule has 0 bridgehead atoms. The van der Waals surface area contributed by atoms with E-state index in [9.17, 15) is 9.18 Å². The summed E-state index contributed by atoms with van der Waals surface area (Å²) >= 11 is 0. The van der Waals surface area contributed by atoms with Gasteiger partial charge in [0.05, 0.1) is 38.1 Å². The van der Waals surface area contributed by atoms with E-state index in [4.69, 9.17) is 18.9 Å². The van der Waals surface area contributed by atoms with E-state index in [2.05, 4.69) is 20.2 Å². The minimum Gasteiger partial charge on any atom is -0.494 e. The lowest BCUT2D eigenvalue weighted by molar-refractivity contribution is 0.0988. The Kier molecular flexibility index (Phi) is 7.68. The minimum atomic E-state index is -0.677. The number of pyridine rings is 2. The lowest BCUT2D eigenvalue weighted by Crippen LogP contribution is -2.12. The van der Waals surface area contributed by atoms with Crippen LogP contribution in [0.15, 0.2) is 60.8 Å². The van der Waals surface area contributed by atoms with Crippen LogP contribution < -0.4 is 18.9 Å². The number of Topliss-reactive ketones (excluding diaryl/α,β-unsaturated/α-hetero) is 1. The zero-order valence-corrected chi connectivity index (χ0v) is 22.6. The SMILES string of the molecule is COc1cc2nccc(Oc3ccc(CC(=O)c4c(C)nnc(-c5ccc(F)cc5)c4OC)cc3F)c2nc1OC. The fourth-order valence-electron chi connectivity index (χ4n) is 4.34. The number of aromatic nitrogens is 4. The van der Waals surface area contributed by atoms with Gasteiger partial charge < -0.3 is 18.9 Å². The first-order valence-corrected chi connectivity index (χ1v) is 12.4. The Morgan fingerprint density at radius 3 is 2.32 bits per heavy atom. The average molecular weight is 559 g/mol. The Bertz CT molecular complexity index is 1760. The highest BCUT2D eigenvalue weighted by molar-refractivity contribution is 6.02. The Morgan fingerprint density at radius 1 is 0.854 bits per heavy atom. The molecule has 0 aliphatic heterocycles. The molecule has 0 aliphatic carbocycles. The Balaban J connectivity index is 1.42. The number of carbonyl (C=O) groups is 1. The van der Waals surface area contributed by atoms with Crippen molar-refractivity contribution in [2.45, 2.75) is 13.3 Å². The summed E-state index contributed by atoms with van der Waals surface area (Å²) in [4.78, 5) is 22.1. The Hall–Kier alpha value is -5.19. The van der Waals surface area contributed by atoms with Crippen molar-refractivity contribution in [1.82, 2.24) is 20.2 Å². The van der Waals surface area contributed by atoms with Gasteiger partial charge in [0.1, 0.15) is 17.0 Å². The standard InChI is InChI=1S/C30H24F2N4O5/c1-16-26(29(39-3)27(36-35-16)18-6-8-19(31)9-7-18)22(37)14-17-5-10-23(20(32)13-17)41-24-11-12-33-21-15-25(38-2)30(40-4)34-28(21)24/h5-13,15H,14H2,1-4H3. The van der Waals surface area contributed by atoms with Crippen LogP contribution in [0.1, 0.15) is 21.6 Å². The Morgan fingerprint density at radius 2 is 1.63 bits per heavy atom. The van der Waals surface area contributed by atoms with Crippen molar-refractivity contribution in [3.8, 4) is 40.1 Å². The van der Waals surface area contributed by atoms with Crippen LogP contribution in [-0.4, -0.2) is 47.3 Å². The highest BCUT2D eigenvalue weighted by atomic mass is 19.1. The number of benzene rings is 2. The number of rotatable bonds is 9. The first-order valence-electron chi connectivity index (χ1n) is 12.4. The molecule has 41 heavy (non-hydrogen) atoms. The molecule has 11 heteroatoms. The van der Waals surface area contributed by atoms with E-state index in [1.807, 2.05) is 0 Å². The van der Waals surface area contributed by atoms with Crippen LogP contribution in [0, 0.1) is 18.6 Å². The number of fused-ring (bicyclic) bond motifs is 1. The molecule has 0 fully saturated rings. The normalized spacial score (nSPS) is 10.9. The molecule has 0 aliphatic rings. The lowest BCUT2D eigenvalue weighted by atomic mass is 9.99. The van der Waals surface area contributed by atoms with Crippen molar-refractivity contribution < 1.29 is 32.5 Å². The van der Waals surface area contributed by atoms with Gasteiger partial charge in [0, 0.05) is 30.3 Å². The maximum atomic E-state index is 15.2. The van der Waals surface area contributed by atoms with Crippen molar-refractivity contribution in [2.75, 3.05) is 21.3 Å². The maximum absolute atomic E-state index is 15.2. The van der Waals surface area contributed by atoms with Crippen LogP contribution in [0.25, 0.3) is 22.3 Å². The van der Waals surface area contributed by atoms with E-state index in [1.165, 1.54) is 63.9 Å². The number of ketones is 1. The molecule has 0 saturated carbocycles. The molecular weight excluding hydrogens is 534 g/mol. The number of hydrogen-bond acceptors (Lipinski definition) is 9. The molecule has 0 radical (unpaired) electrons. The number of carbonyl (C=O) groups excluding carboxylic acids is 1. The molecule has 0 atom stereocenters. The van der Waals surface area contributed by atoms with Crippen LogP contribution in [-0.2, 0) is 6.42 Å². The van der Waals surface area contributed by atoms with Crippen LogP contribution in [0.5, 0.6) is 28.9 Å². The van der Waals surface area contributed by atoms with Crippen LogP contribution in [0.4, 0.5) is 8.78 Å². The predicted octanol–water partition coefficient (Wildman–Crippen LogP) is 5.92. The summed E-state index contributed by atoms with van der Waals surface area (Å²) in [6.45, 7) is 1.63. The van der Waals surface area contributed by atoms with E-state index in [0.717, 1.165) is 0 Å². The number of halogens is 2. The molecule has 208 valence electrons. The van der Waals surface area contributed by atoms with Gasteiger partial charge in [-0.1, -0.05) is 6.07 Å². The fraction of sp³-hybridized carbons (Fsp3) is 0.167. The van der Waals surface area contributed by atoms with Gasteiger partial charge in [-0.25, -0.2) is 13.8 Å². The molecule has 0 amide bonds. The summed E-state index contributed by atoms with van der Waals surface area (Å²) in [5.41, 5.74) is 2.62. The van der Waals surface area contributed by atoms with Crippen molar-refractivity contribution in [3.63, 3.8) is 0 Å². The number of nitrogens with zero attached hydrogens (tertiary/aromatic N) is 4. The number of methoxy groups -OCH3 is 3. The van der Waals surface area contributed by atoms with Crippen LogP contribution in [0.3, 0.4) is 0 Å². The molecule has 0 spiro atoms. The summed E-state index contributed by atoms with van der Waals surface area (Å²) in [6, 6.07) is 13.1. The quantitative estimate of drug-likeness (QED) is 0.204. The van der Waals surface area contributed by atoms with E-state index < -0.39 is 11.6 Å². The van der Waals surface area contributed by atoms with E-state index >= 15 is 4.39 Å². The number of ether oxygens (including phenoxy) is 4. The molecule has 9 nitrogen and oxygen atoms in total. The average Bonchev–Trinajstić information content (AvgIpc) is 2.98. The molecule has 5 rings (SSSR count). The summed E-state index contributed by atoms with van der Waals surface area (Å²) in [5, 5.41) is 8.27. The Labute approximate surface area is 233 Å². The fourth-order valence-corrected chi connectivity index (χ4v) is 4.34. The molecule has 0 N–H and O–H groups in total. The second-order valence-corrected chi connectivity index (χ2v) is 8.89. The third-order valence-corrected chi connectivity index (χ3v) is 6.31. The first-order chi connectivity index (χ1) is 19.8. The summed E-state index contributed by atoms with van der Waals surface area (Å²) < 4.78 is 50.6. The second-order valence-electron chi connectivity index (χ2n) is 8.89. The molecule has 5 aromatic rings.